The third-order valence-corrected chi connectivity index (χ3v) is 6.22. The van der Waals surface area contributed by atoms with Crippen LogP contribution >= 0.6 is 0 Å². The first-order chi connectivity index (χ1) is 16.4. The Morgan fingerprint density at radius 3 is 2.38 bits per heavy atom. The molecule has 0 aliphatic carbocycles. The third kappa shape index (κ3) is 3.37. The molecule has 0 saturated carbocycles. The fraction of sp³-hybridized carbons (Fsp3) is 0.200. The van der Waals surface area contributed by atoms with Crippen LogP contribution in [-0.4, -0.2) is 30.0 Å². The molecule has 2 fully saturated rings. The minimum absolute atomic E-state index is 0.151. The van der Waals surface area contributed by atoms with Crippen molar-refractivity contribution >= 4 is 28.9 Å². The fourth-order valence-corrected chi connectivity index (χ4v) is 4.57. The predicted molar refractivity (Wildman–Crippen MR) is 123 cm³/mol. The number of nitro groups is 1. The highest BCUT2D eigenvalue weighted by atomic mass is 16.7. The number of non-ortho nitro benzene ring substituents is 1. The molecule has 3 aromatic carbocycles. The largest absolute Gasteiger partial charge is 0.497 e. The van der Waals surface area contributed by atoms with Crippen molar-refractivity contribution in [2.45, 2.75) is 19.1 Å². The minimum atomic E-state index is -1.06. The van der Waals surface area contributed by atoms with Crippen LogP contribution in [0.25, 0.3) is 0 Å². The molecule has 0 bridgehead atoms. The van der Waals surface area contributed by atoms with Gasteiger partial charge in [0.05, 0.1) is 29.4 Å². The second-order valence-electron chi connectivity index (χ2n) is 8.17. The lowest BCUT2D eigenvalue weighted by molar-refractivity contribution is -0.384. The van der Waals surface area contributed by atoms with E-state index in [1.807, 2.05) is 43.3 Å². The van der Waals surface area contributed by atoms with Crippen LogP contribution in [0.2, 0.25) is 0 Å². The summed E-state index contributed by atoms with van der Waals surface area (Å²) in [6.07, 6.45) is -1.06. The number of benzene rings is 3. The number of ether oxygens (including phenoxy) is 1. The quantitative estimate of drug-likeness (QED) is 0.323. The van der Waals surface area contributed by atoms with Gasteiger partial charge in [0.15, 0.2) is 6.10 Å². The first kappa shape index (κ1) is 21.6. The van der Waals surface area contributed by atoms with E-state index in [9.17, 15) is 19.7 Å². The Bertz CT molecular complexity index is 1290. The summed E-state index contributed by atoms with van der Waals surface area (Å²) in [5, 5.41) is 12.9. The summed E-state index contributed by atoms with van der Waals surface area (Å²) in [6, 6.07) is 19.7. The van der Waals surface area contributed by atoms with Gasteiger partial charge >= 0.3 is 0 Å². The van der Waals surface area contributed by atoms with Gasteiger partial charge in [-0.15, -0.1) is 0 Å². The molecule has 172 valence electrons. The normalized spacial score (nSPS) is 21.6. The number of carbonyl (C=O) groups is 2. The Kier molecular flexibility index (Phi) is 5.25. The molecule has 0 spiro atoms. The minimum Gasteiger partial charge on any atom is -0.497 e. The third-order valence-electron chi connectivity index (χ3n) is 6.22. The van der Waals surface area contributed by atoms with Gasteiger partial charge in [-0.25, -0.2) is 9.96 Å². The van der Waals surface area contributed by atoms with E-state index in [0.717, 1.165) is 21.7 Å². The highest BCUT2D eigenvalue weighted by Crippen LogP contribution is 2.48. The summed E-state index contributed by atoms with van der Waals surface area (Å²) in [7, 11) is 1.57. The smallest absolute Gasteiger partial charge is 0.271 e. The Balaban J connectivity index is 1.59. The van der Waals surface area contributed by atoms with Gasteiger partial charge in [-0.05, 0) is 42.3 Å². The number of hydrogen-bond donors (Lipinski definition) is 0. The summed E-state index contributed by atoms with van der Waals surface area (Å²) in [5.41, 5.74) is 2.40. The number of aryl methyl sites for hydroxylation is 1. The van der Waals surface area contributed by atoms with E-state index in [4.69, 9.17) is 9.57 Å². The summed E-state index contributed by atoms with van der Waals surface area (Å²) in [4.78, 5) is 44.8. The Hall–Kier alpha value is -4.24. The van der Waals surface area contributed by atoms with E-state index in [0.29, 0.717) is 5.75 Å². The molecule has 3 aromatic rings. The molecule has 2 saturated heterocycles. The van der Waals surface area contributed by atoms with Crippen LogP contribution in [-0.2, 0) is 14.4 Å². The number of imide groups is 1. The topological polar surface area (TPSA) is 102 Å². The number of methoxy groups -OCH3 is 1. The lowest BCUT2D eigenvalue weighted by Gasteiger charge is -2.29. The lowest BCUT2D eigenvalue weighted by atomic mass is 9.90. The standard InChI is InChI=1S/C25H21N3O6/c1-15-6-3-4-9-20(15)27-22(16-10-12-19(33-2)13-11-16)21-23(34-27)25(30)26(24(21)29)17-7-5-8-18(14-17)28(31)32/h3-14,21-23H,1-2H3/t21-,22+,23+/m0/s1. The van der Waals surface area contributed by atoms with Crippen molar-refractivity contribution in [3.05, 3.63) is 94.0 Å². The molecular formula is C25H21N3O6. The van der Waals surface area contributed by atoms with Gasteiger partial charge < -0.3 is 4.74 Å². The molecule has 2 aliphatic rings. The van der Waals surface area contributed by atoms with Gasteiger partial charge in [0, 0.05) is 12.1 Å². The van der Waals surface area contributed by atoms with Gasteiger partial charge in [0.2, 0.25) is 5.91 Å². The van der Waals surface area contributed by atoms with E-state index in [1.165, 1.54) is 24.3 Å². The Labute approximate surface area is 195 Å². The van der Waals surface area contributed by atoms with Gasteiger partial charge in [0.25, 0.3) is 11.6 Å². The fourth-order valence-electron chi connectivity index (χ4n) is 4.57. The average Bonchev–Trinajstić information content (AvgIpc) is 3.35. The number of hydrogen-bond acceptors (Lipinski definition) is 7. The van der Waals surface area contributed by atoms with E-state index in [-0.39, 0.29) is 11.4 Å². The SMILES string of the molecule is COc1ccc([C@@H]2[C@@H]3C(=O)N(c4cccc([N+](=O)[O-])c4)C(=O)[C@@H]3ON2c2ccccc2C)cc1. The molecule has 0 aromatic heterocycles. The molecule has 2 aliphatic heterocycles. The summed E-state index contributed by atoms with van der Waals surface area (Å²) >= 11 is 0. The van der Waals surface area contributed by atoms with Crippen LogP contribution in [0.5, 0.6) is 5.75 Å². The zero-order chi connectivity index (χ0) is 24.0. The first-order valence-electron chi connectivity index (χ1n) is 10.7. The summed E-state index contributed by atoms with van der Waals surface area (Å²) in [5.74, 6) is -1.19. The van der Waals surface area contributed by atoms with Crippen molar-refractivity contribution < 1.29 is 24.1 Å². The number of fused-ring (bicyclic) bond motifs is 1. The molecule has 0 N–H and O–H groups in total. The van der Waals surface area contributed by atoms with Gasteiger partial charge in [-0.3, -0.25) is 24.5 Å². The lowest BCUT2D eigenvalue weighted by Crippen LogP contribution is -2.37. The van der Waals surface area contributed by atoms with Crippen LogP contribution in [0.1, 0.15) is 17.2 Å². The van der Waals surface area contributed by atoms with Gasteiger partial charge in [0.1, 0.15) is 11.7 Å². The number of anilines is 2. The molecule has 34 heavy (non-hydrogen) atoms. The van der Waals surface area contributed by atoms with Crippen molar-refractivity contribution in [1.82, 2.24) is 0 Å². The molecule has 2 heterocycles. The van der Waals surface area contributed by atoms with Crippen molar-refractivity contribution in [1.29, 1.82) is 0 Å². The first-order valence-corrected chi connectivity index (χ1v) is 10.7. The second-order valence-corrected chi connectivity index (χ2v) is 8.17. The van der Waals surface area contributed by atoms with E-state index in [1.54, 1.807) is 24.3 Å². The van der Waals surface area contributed by atoms with E-state index >= 15 is 0 Å². The number of rotatable bonds is 5. The number of carbonyl (C=O) groups excluding carboxylic acids is 2. The summed E-state index contributed by atoms with van der Waals surface area (Å²) in [6.45, 7) is 1.93. The second kappa shape index (κ2) is 8.27. The van der Waals surface area contributed by atoms with Crippen LogP contribution in [0.15, 0.2) is 72.8 Å². The Morgan fingerprint density at radius 1 is 0.971 bits per heavy atom. The number of amides is 2. The number of nitro benzene ring substituents is 1. The maximum atomic E-state index is 13.7. The van der Waals surface area contributed by atoms with Crippen molar-refractivity contribution in [2.24, 2.45) is 5.92 Å². The molecule has 0 unspecified atom stereocenters. The average molecular weight is 459 g/mol. The van der Waals surface area contributed by atoms with Gasteiger partial charge in [-0.1, -0.05) is 36.4 Å². The number of hydroxylamine groups is 1. The molecule has 3 atom stereocenters. The van der Waals surface area contributed by atoms with Gasteiger partial charge in [-0.2, -0.15) is 0 Å². The van der Waals surface area contributed by atoms with Crippen molar-refractivity contribution in [3.8, 4) is 5.75 Å². The molecule has 2 amide bonds. The molecule has 0 radical (unpaired) electrons. The predicted octanol–water partition coefficient (Wildman–Crippen LogP) is 3.96. The molecule has 9 nitrogen and oxygen atoms in total. The molecular weight excluding hydrogens is 438 g/mol. The van der Waals surface area contributed by atoms with Crippen LogP contribution in [0, 0.1) is 23.0 Å². The highest BCUT2D eigenvalue weighted by molar-refractivity contribution is 6.24. The molecule has 5 rings (SSSR count). The Morgan fingerprint density at radius 2 is 1.71 bits per heavy atom. The zero-order valence-corrected chi connectivity index (χ0v) is 18.5. The van der Waals surface area contributed by atoms with E-state index in [2.05, 4.69) is 0 Å². The number of para-hydroxylation sites is 1. The zero-order valence-electron chi connectivity index (χ0n) is 18.5. The van der Waals surface area contributed by atoms with Crippen LogP contribution in [0.4, 0.5) is 17.1 Å². The highest BCUT2D eigenvalue weighted by Gasteiger charge is 2.60. The maximum absolute atomic E-state index is 13.7. The van der Waals surface area contributed by atoms with Crippen molar-refractivity contribution in [2.75, 3.05) is 17.1 Å². The van der Waals surface area contributed by atoms with Crippen LogP contribution in [0.3, 0.4) is 0 Å². The maximum Gasteiger partial charge on any atom is 0.271 e. The molecule has 9 heteroatoms. The van der Waals surface area contributed by atoms with E-state index < -0.39 is 34.8 Å². The monoisotopic (exact) mass is 459 g/mol. The van der Waals surface area contributed by atoms with Crippen molar-refractivity contribution in [3.63, 3.8) is 0 Å². The number of nitrogens with zero attached hydrogens (tertiary/aromatic N) is 3. The van der Waals surface area contributed by atoms with Crippen LogP contribution < -0.4 is 14.7 Å². The summed E-state index contributed by atoms with van der Waals surface area (Å²) < 4.78 is 5.26.